The quantitative estimate of drug-likeness (QED) is 0.748. The number of hydrogen-bond donors (Lipinski definition) is 2. The fourth-order valence-electron chi connectivity index (χ4n) is 2.78. The Labute approximate surface area is 149 Å². The molecule has 1 aromatic rings. The number of aldehydes is 1. The molecule has 2 atom stereocenters. The van der Waals surface area contributed by atoms with Crippen LogP contribution >= 0.6 is 15.9 Å². The molecule has 1 fully saturated rings. The van der Waals surface area contributed by atoms with Gasteiger partial charge in [0.2, 0.25) is 0 Å². The number of halogens is 1. The molecule has 1 aromatic carbocycles. The molecular formula is C17H21BrN2O4. The zero-order valence-electron chi connectivity index (χ0n) is 13.5. The van der Waals surface area contributed by atoms with Crippen LogP contribution in [-0.2, 0) is 4.79 Å². The number of imide groups is 1. The average molecular weight is 397 g/mol. The van der Waals surface area contributed by atoms with E-state index in [2.05, 4.69) is 33.5 Å². The molecule has 0 saturated heterocycles. The molecule has 1 saturated carbocycles. The van der Waals surface area contributed by atoms with Gasteiger partial charge in [-0.1, -0.05) is 35.7 Å². The van der Waals surface area contributed by atoms with E-state index in [1.807, 2.05) is 0 Å². The van der Waals surface area contributed by atoms with Gasteiger partial charge >= 0.3 is 6.03 Å². The molecule has 0 unspecified atom stereocenters. The Hall–Kier alpha value is -1.89. The van der Waals surface area contributed by atoms with Gasteiger partial charge in [-0.05, 0) is 37.0 Å². The van der Waals surface area contributed by atoms with E-state index in [0.717, 1.165) is 23.7 Å². The van der Waals surface area contributed by atoms with Crippen LogP contribution in [0.25, 0.3) is 0 Å². The lowest BCUT2D eigenvalue weighted by Gasteiger charge is -2.29. The second-order valence-corrected chi connectivity index (χ2v) is 6.89. The van der Waals surface area contributed by atoms with Crippen LogP contribution in [0, 0.1) is 5.92 Å². The van der Waals surface area contributed by atoms with Crippen molar-refractivity contribution in [2.75, 3.05) is 6.61 Å². The smallest absolute Gasteiger partial charge is 0.321 e. The van der Waals surface area contributed by atoms with E-state index < -0.39 is 11.9 Å². The van der Waals surface area contributed by atoms with Crippen molar-refractivity contribution in [3.63, 3.8) is 0 Å². The molecule has 24 heavy (non-hydrogen) atoms. The topological polar surface area (TPSA) is 84.5 Å². The summed E-state index contributed by atoms with van der Waals surface area (Å²) in [6, 6.07) is 4.48. The molecule has 7 heteroatoms. The molecule has 2 N–H and O–H groups in total. The number of hydrogen-bond acceptors (Lipinski definition) is 4. The average Bonchev–Trinajstić information content (AvgIpc) is 2.55. The minimum absolute atomic E-state index is 0.0978. The summed E-state index contributed by atoms with van der Waals surface area (Å²) in [4.78, 5) is 34.7. The third-order valence-electron chi connectivity index (χ3n) is 4.14. The molecule has 130 valence electrons. The van der Waals surface area contributed by atoms with Gasteiger partial charge in [-0.25, -0.2) is 4.79 Å². The van der Waals surface area contributed by atoms with E-state index in [0.29, 0.717) is 23.5 Å². The maximum atomic E-state index is 11.9. The second-order valence-electron chi connectivity index (χ2n) is 5.98. The van der Waals surface area contributed by atoms with Gasteiger partial charge in [-0.15, -0.1) is 0 Å². The van der Waals surface area contributed by atoms with Crippen LogP contribution in [0.1, 0.15) is 43.0 Å². The molecule has 6 nitrogen and oxygen atoms in total. The Balaban J connectivity index is 1.80. The third kappa shape index (κ3) is 5.33. The first-order valence-electron chi connectivity index (χ1n) is 7.97. The van der Waals surface area contributed by atoms with E-state index in [1.165, 1.54) is 6.42 Å². The first kappa shape index (κ1) is 18.4. The molecule has 3 amide bonds. The van der Waals surface area contributed by atoms with Crippen molar-refractivity contribution in [3.05, 3.63) is 28.2 Å². The minimum atomic E-state index is -0.560. The highest BCUT2D eigenvalue weighted by Crippen LogP contribution is 2.23. The maximum absolute atomic E-state index is 11.9. The van der Waals surface area contributed by atoms with Crippen molar-refractivity contribution in [2.45, 2.75) is 38.6 Å². The molecule has 1 aliphatic rings. The van der Waals surface area contributed by atoms with Crippen LogP contribution in [-0.4, -0.2) is 30.9 Å². The number of carbonyl (C=O) groups excluding carboxylic acids is 3. The van der Waals surface area contributed by atoms with Crippen LogP contribution in [0.5, 0.6) is 5.75 Å². The van der Waals surface area contributed by atoms with E-state index >= 15 is 0 Å². The monoisotopic (exact) mass is 396 g/mol. The Kier molecular flexibility index (Phi) is 6.78. The van der Waals surface area contributed by atoms with Crippen LogP contribution < -0.4 is 15.4 Å². The van der Waals surface area contributed by atoms with Crippen molar-refractivity contribution in [2.24, 2.45) is 5.92 Å². The number of nitrogens with one attached hydrogen (secondary N) is 2. The van der Waals surface area contributed by atoms with E-state index in [-0.39, 0.29) is 12.6 Å². The van der Waals surface area contributed by atoms with Crippen LogP contribution in [0.3, 0.4) is 0 Å². The molecule has 0 bridgehead atoms. The molecule has 0 aromatic heterocycles. The lowest BCUT2D eigenvalue weighted by Crippen LogP contribution is -2.48. The molecular weight excluding hydrogens is 376 g/mol. The second kappa shape index (κ2) is 8.82. The maximum Gasteiger partial charge on any atom is 0.321 e. The summed E-state index contributed by atoms with van der Waals surface area (Å²) >= 11 is 3.26. The van der Waals surface area contributed by atoms with Gasteiger partial charge in [0.15, 0.2) is 12.9 Å². The number of carbonyl (C=O) groups is 3. The van der Waals surface area contributed by atoms with Crippen LogP contribution in [0.4, 0.5) is 4.79 Å². The number of benzene rings is 1. The van der Waals surface area contributed by atoms with Crippen molar-refractivity contribution in [1.82, 2.24) is 10.6 Å². The Morgan fingerprint density at radius 2 is 2.08 bits per heavy atom. The van der Waals surface area contributed by atoms with E-state index in [9.17, 15) is 14.4 Å². The zero-order chi connectivity index (χ0) is 17.5. The number of ether oxygens (including phenoxy) is 1. The minimum Gasteiger partial charge on any atom is -0.483 e. The molecule has 0 heterocycles. The van der Waals surface area contributed by atoms with E-state index in [1.54, 1.807) is 18.2 Å². The molecule has 0 aliphatic heterocycles. The fraction of sp³-hybridized carbons (Fsp3) is 0.471. The van der Waals surface area contributed by atoms with Crippen LogP contribution in [0.15, 0.2) is 22.7 Å². The number of urea groups is 1. The summed E-state index contributed by atoms with van der Waals surface area (Å²) in [7, 11) is 0. The van der Waals surface area contributed by atoms with Crippen molar-refractivity contribution >= 4 is 34.2 Å². The zero-order valence-corrected chi connectivity index (χ0v) is 15.1. The standard InChI is InChI=1S/C17H21BrN2O4/c1-11-4-2-3-5-14(11)19-17(23)20-16(22)10-24-15-7-6-13(18)8-12(15)9-21/h6-9,11,14H,2-5,10H2,1H3,(H2,19,20,22,23)/t11-,14+/m0/s1. The highest BCUT2D eigenvalue weighted by atomic mass is 79.9. The van der Waals surface area contributed by atoms with Gasteiger partial charge < -0.3 is 10.1 Å². The predicted molar refractivity (Wildman–Crippen MR) is 93.1 cm³/mol. The van der Waals surface area contributed by atoms with Gasteiger partial charge in [0.05, 0.1) is 5.56 Å². The molecule has 1 aliphatic carbocycles. The summed E-state index contributed by atoms with van der Waals surface area (Å²) in [6.07, 6.45) is 4.93. The first-order valence-corrected chi connectivity index (χ1v) is 8.76. The SMILES string of the molecule is C[C@H]1CCCC[C@H]1NC(=O)NC(=O)COc1ccc(Br)cc1C=O. The van der Waals surface area contributed by atoms with Gasteiger partial charge in [0, 0.05) is 10.5 Å². The summed E-state index contributed by atoms with van der Waals surface area (Å²) in [5.41, 5.74) is 0.331. The number of amides is 3. The number of rotatable bonds is 5. The summed E-state index contributed by atoms with van der Waals surface area (Å²) in [5.74, 6) is 0.147. The lowest BCUT2D eigenvalue weighted by atomic mass is 9.86. The van der Waals surface area contributed by atoms with E-state index in [4.69, 9.17) is 4.74 Å². The highest BCUT2D eigenvalue weighted by Gasteiger charge is 2.23. The largest absolute Gasteiger partial charge is 0.483 e. The van der Waals surface area contributed by atoms with Gasteiger partial charge in [0.25, 0.3) is 5.91 Å². The Bertz CT molecular complexity index is 621. The van der Waals surface area contributed by atoms with Gasteiger partial charge in [0.1, 0.15) is 5.75 Å². The Morgan fingerprint density at radius 3 is 2.79 bits per heavy atom. The highest BCUT2D eigenvalue weighted by molar-refractivity contribution is 9.10. The summed E-state index contributed by atoms with van der Waals surface area (Å²) < 4.78 is 6.05. The lowest BCUT2D eigenvalue weighted by molar-refractivity contribution is -0.122. The summed E-state index contributed by atoms with van der Waals surface area (Å²) in [5, 5.41) is 5.09. The molecule has 0 spiro atoms. The normalized spacial score (nSPS) is 20.1. The Morgan fingerprint density at radius 1 is 1.33 bits per heavy atom. The van der Waals surface area contributed by atoms with Gasteiger partial charge in [-0.2, -0.15) is 0 Å². The van der Waals surface area contributed by atoms with Crippen molar-refractivity contribution in [3.8, 4) is 5.75 Å². The van der Waals surface area contributed by atoms with Crippen molar-refractivity contribution < 1.29 is 19.1 Å². The fourth-order valence-corrected chi connectivity index (χ4v) is 3.16. The van der Waals surface area contributed by atoms with Crippen LogP contribution in [0.2, 0.25) is 0 Å². The molecule has 0 radical (unpaired) electrons. The van der Waals surface area contributed by atoms with Crippen molar-refractivity contribution in [1.29, 1.82) is 0 Å². The molecule has 2 rings (SSSR count). The van der Waals surface area contributed by atoms with Gasteiger partial charge in [-0.3, -0.25) is 14.9 Å². The summed E-state index contributed by atoms with van der Waals surface area (Å²) in [6.45, 7) is 1.76. The first-order chi connectivity index (χ1) is 11.5. The predicted octanol–water partition coefficient (Wildman–Crippen LogP) is 3.04. The third-order valence-corrected chi connectivity index (χ3v) is 4.63.